The number of hydrogen-bond acceptors (Lipinski definition) is 1. The van der Waals surface area contributed by atoms with Crippen LogP contribution < -0.4 is 34.7 Å². The van der Waals surface area contributed by atoms with Crippen molar-refractivity contribution in [2.24, 2.45) is 0 Å². The van der Waals surface area contributed by atoms with Crippen LogP contribution in [0.25, 0.3) is 0 Å². The quantitative estimate of drug-likeness (QED) is 0.392. The van der Waals surface area contributed by atoms with Crippen LogP contribution >= 0.6 is 58.0 Å². The summed E-state index contributed by atoms with van der Waals surface area (Å²) in [7, 11) is 0. The second kappa shape index (κ2) is 7.73. The van der Waals surface area contributed by atoms with Gasteiger partial charge in [-0.2, -0.15) is 0 Å². The standard InChI is InChI=1S/C6HCl5O.2Na/c7-1-2(8)4(10)6(12)5(11)3(1)9;;/h12H;;/q;;+1/p-1. The van der Waals surface area contributed by atoms with Crippen molar-refractivity contribution in [1.29, 1.82) is 0 Å². The summed E-state index contributed by atoms with van der Waals surface area (Å²) in [6.45, 7) is 0. The maximum atomic E-state index is 11.1. The monoisotopic (exact) mass is 309 g/mol. The third-order valence-electron chi connectivity index (χ3n) is 1.17. The van der Waals surface area contributed by atoms with Gasteiger partial charge in [0.15, 0.2) is 0 Å². The smallest absolute Gasteiger partial charge is 0.870 e. The van der Waals surface area contributed by atoms with Crippen molar-refractivity contribution in [3.63, 3.8) is 0 Å². The van der Waals surface area contributed by atoms with E-state index in [1.165, 1.54) is 0 Å². The topological polar surface area (TPSA) is 23.1 Å². The van der Waals surface area contributed by atoms with E-state index in [-0.39, 0.29) is 84.2 Å². The molecule has 8 heteroatoms. The molecular formula is C6Cl5Na2O. The third kappa shape index (κ3) is 3.75. The van der Waals surface area contributed by atoms with Gasteiger partial charge >= 0.3 is 29.6 Å². The molecular weight excluding hydrogens is 311 g/mol. The van der Waals surface area contributed by atoms with Gasteiger partial charge < -0.3 is 5.11 Å². The van der Waals surface area contributed by atoms with E-state index >= 15 is 0 Å². The summed E-state index contributed by atoms with van der Waals surface area (Å²) in [5, 5.41) is 10.5. The molecule has 1 rings (SSSR count). The van der Waals surface area contributed by atoms with E-state index in [1.807, 2.05) is 0 Å². The molecule has 0 bridgehead atoms. The van der Waals surface area contributed by atoms with E-state index in [9.17, 15) is 5.11 Å². The molecule has 0 aliphatic rings. The Bertz CT molecular complexity index is 238. The molecule has 0 unspecified atom stereocenters. The summed E-state index contributed by atoms with van der Waals surface area (Å²) in [5.74, 6) is -0.613. The minimum absolute atomic E-state index is 0. The van der Waals surface area contributed by atoms with Crippen LogP contribution in [0.1, 0.15) is 0 Å². The molecule has 0 heterocycles. The molecule has 0 saturated carbocycles. The third-order valence-corrected chi connectivity index (χ3v) is 3.41. The van der Waals surface area contributed by atoms with Crippen LogP contribution in [0, 0.1) is 0 Å². The van der Waals surface area contributed by atoms with E-state index in [1.54, 1.807) is 0 Å². The van der Waals surface area contributed by atoms with E-state index in [4.69, 9.17) is 58.0 Å². The predicted octanol–water partition coefficient (Wildman–Crippen LogP) is 0.650. The average Bonchev–Trinajstić information content (AvgIpc) is 2.08. The summed E-state index contributed by atoms with van der Waals surface area (Å²) >= 11 is 27.7. The fraction of sp³-hybridized carbons (Fsp3) is 0. The summed E-state index contributed by atoms with van der Waals surface area (Å²) in [6.07, 6.45) is 0. The zero-order valence-electron chi connectivity index (χ0n) is 7.30. The molecule has 1 aromatic carbocycles. The minimum Gasteiger partial charge on any atom is -0.870 e. The van der Waals surface area contributed by atoms with Crippen molar-refractivity contribution in [3.05, 3.63) is 25.1 Å². The molecule has 0 aliphatic carbocycles. The van der Waals surface area contributed by atoms with Crippen LogP contribution in [0.4, 0.5) is 0 Å². The van der Waals surface area contributed by atoms with Crippen LogP contribution in [0.3, 0.4) is 0 Å². The number of halogens is 5. The van der Waals surface area contributed by atoms with Crippen LogP contribution in [-0.2, 0) is 0 Å². The molecule has 14 heavy (non-hydrogen) atoms. The van der Waals surface area contributed by atoms with Crippen molar-refractivity contribution in [2.45, 2.75) is 0 Å². The summed E-state index contributed by atoms with van der Waals surface area (Å²) in [6, 6.07) is 0. The molecule has 67 valence electrons. The van der Waals surface area contributed by atoms with Gasteiger partial charge in [-0.15, -0.1) is 0 Å². The molecule has 0 aromatic heterocycles. The molecule has 0 fully saturated rings. The fourth-order valence-corrected chi connectivity index (χ4v) is 1.71. The van der Waals surface area contributed by atoms with Gasteiger partial charge in [0.05, 0.1) is 25.1 Å². The summed E-state index contributed by atoms with van der Waals surface area (Å²) in [4.78, 5) is 0. The first-order chi connectivity index (χ1) is 5.46. The Kier molecular flexibility index (Phi) is 10.4. The maximum Gasteiger partial charge on any atom is 1.00 e. The van der Waals surface area contributed by atoms with Crippen LogP contribution in [0.15, 0.2) is 0 Å². The summed E-state index contributed by atoms with van der Waals surface area (Å²) < 4.78 is 0. The van der Waals surface area contributed by atoms with Crippen LogP contribution in [0.2, 0.25) is 25.1 Å². The Morgan fingerprint density at radius 3 is 1.14 bits per heavy atom. The van der Waals surface area contributed by atoms with Crippen molar-refractivity contribution in [2.75, 3.05) is 0 Å². The first-order valence-corrected chi connectivity index (χ1v) is 4.54. The first-order valence-electron chi connectivity index (χ1n) is 2.65. The van der Waals surface area contributed by atoms with Crippen molar-refractivity contribution < 1.29 is 34.7 Å². The molecule has 1 aromatic rings. The van der Waals surface area contributed by atoms with Crippen molar-refractivity contribution in [1.82, 2.24) is 0 Å². The summed E-state index contributed by atoms with van der Waals surface area (Å²) in [5.41, 5.74) is 0. The fourth-order valence-electron chi connectivity index (χ4n) is 0.585. The van der Waals surface area contributed by atoms with E-state index in [0.29, 0.717) is 0 Å². The number of benzene rings is 1. The second-order valence-electron chi connectivity index (χ2n) is 1.90. The van der Waals surface area contributed by atoms with Gasteiger partial charge in [0, 0.05) is 29.6 Å². The average molecular weight is 311 g/mol. The molecule has 1 radical (unpaired) electrons. The maximum absolute atomic E-state index is 11.1. The Labute approximate surface area is 151 Å². The Morgan fingerprint density at radius 2 is 0.857 bits per heavy atom. The SMILES string of the molecule is [Na+].[Na].[O-]c1c(Cl)c(Cl)c(Cl)c(Cl)c1Cl. The zero-order chi connectivity index (χ0) is 9.46. The van der Waals surface area contributed by atoms with E-state index in [2.05, 4.69) is 0 Å². The van der Waals surface area contributed by atoms with Crippen molar-refractivity contribution >= 4 is 87.6 Å². The van der Waals surface area contributed by atoms with Gasteiger partial charge in [0.1, 0.15) is 0 Å². The van der Waals surface area contributed by atoms with E-state index < -0.39 is 5.75 Å². The normalized spacial score (nSPS) is 8.93. The minimum atomic E-state index is -0.613. The van der Waals surface area contributed by atoms with Gasteiger partial charge in [-0.1, -0.05) is 63.8 Å². The van der Waals surface area contributed by atoms with E-state index in [0.717, 1.165) is 0 Å². The van der Waals surface area contributed by atoms with Gasteiger partial charge in [-0.3, -0.25) is 0 Å². The van der Waals surface area contributed by atoms with Crippen LogP contribution in [-0.4, -0.2) is 29.6 Å². The first kappa shape index (κ1) is 18.8. The Hall–Kier alpha value is 2.47. The second-order valence-corrected chi connectivity index (χ2v) is 3.79. The molecule has 0 aliphatic heterocycles. The molecule has 0 atom stereocenters. The van der Waals surface area contributed by atoms with Crippen LogP contribution in [0.5, 0.6) is 5.75 Å². The number of hydrogen-bond donors (Lipinski definition) is 0. The molecule has 0 N–H and O–H groups in total. The largest absolute Gasteiger partial charge is 1.00 e. The Balaban J connectivity index is 0. The molecule has 0 amide bonds. The zero-order valence-corrected chi connectivity index (χ0v) is 15.1. The number of rotatable bonds is 0. The van der Waals surface area contributed by atoms with Gasteiger partial charge in [0.2, 0.25) is 0 Å². The van der Waals surface area contributed by atoms with Gasteiger partial charge in [-0.05, 0) is 0 Å². The van der Waals surface area contributed by atoms with Gasteiger partial charge in [-0.25, -0.2) is 0 Å². The predicted molar refractivity (Wildman–Crippen MR) is 56.7 cm³/mol. The molecule has 0 saturated heterocycles. The van der Waals surface area contributed by atoms with Crippen molar-refractivity contribution in [3.8, 4) is 5.75 Å². The molecule has 1 nitrogen and oxygen atoms in total. The van der Waals surface area contributed by atoms with Gasteiger partial charge in [0.25, 0.3) is 0 Å². The molecule has 0 spiro atoms. The Morgan fingerprint density at radius 1 is 0.643 bits per heavy atom.